The zero-order chi connectivity index (χ0) is 23.1. The van der Waals surface area contributed by atoms with Crippen LogP contribution in [0.25, 0.3) is 5.69 Å². The molecule has 0 amide bonds. The van der Waals surface area contributed by atoms with Gasteiger partial charge >= 0.3 is 0 Å². The van der Waals surface area contributed by atoms with E-state index in [0.29, 0.717) is 31.1 Å². The molecule has 32 heavy (non-hydrogen) atoms. The van der Waals surface area contributed by atoms with Crippen LogP contribution >= 0.6 is 0 Å². The van der Waals surface area contributed by atoms with E-state index in [1.54, 1.807) is 16.8 Å². The Morgan fingerprint density at radius 3 is 2.59 bits per heavy atom. The van der Waals surface area contributed by atoms with Gasteiger partial charge in [-0.15, -0.1) is 6.58 Å². The lowest BCUT2D eigenvalue weighted by Crippen LogP contribution is -2.37. The number of halogens is 1. The maximum Gasteiger partial charge on any atom is 0.227 e. The van der Waals surface area contributed by atoms with E-state index < -0.39 is 6.10 Å². The Labute approximate surface area is 189 Å². The van der Waals surface area contributed by atoms with Crippen LogP contribution in [-0.2, 0) is 6.54 Å². The van der Waals surface area contributed by atoms with Crippen LogP contribution in [0.1, 0.15) is 37.9 Å². The molecule has 0 spiro atoms. The molecule has 170 valence electrons. The number of rotatable bonds is 11. The third-order valence-electron chi connectivity index (χ3n) is 5.39. The summed E-state index contributed by atoms with van der Waals surface area (Å²) < 4.78 is 21.8. The molecule has 1 atom stereocenters. The summed E-state index contributed by atoms with van der Waals surface area (Å²) in [5.74, 6) is 0.594. The first-order valence-electron chi connectivity index (χ1n) is 11.0. The predicted octanol–water partition coefficient (Wildman–Crippen LogP) is 5.65. The summed E-state index contributed by atoms with van der Waals surface area (Å²) in [5, 5.41) is 15.2. The van der Waals surface area contributed by atoms with Crippen molar-refractivity contribution in [3.05, 3.63) is 84.3 Å². The quantitative estimate of drug-likeness (QED) is 0.394. The van der Waals surface area contributed by atoms with Crippen molar-refractivity contribution >= 4 is 0 Å². The number of ether oxygens (including phenoxy) is 1. The number of hydrogen-bond acceptors (Lipinski definition) is 4. The minimum absolute atomic E-state index is 0.204. The van der Waals surface area contributed by atoms with Crippen LogP contribution in [0, 0.1) is 12.7 Å². The maximum atomic E-state index is 13.8. The van der Waals surface area contributed by atoms with E-state index in [1.165, 1.54) is 12.1 Å². The van der Waals surface area contributed by atoms with Crippen LogP contribution in [0.4, 0.5) is 4.39 Å². The zero-order valence-corrected chi connectivity index (χ0v) is 19.0. The molecule has 1 heterocycles. The number of benzene rings is 2. The Kier molecular flexibility index (Phi) is 8.20. The van der Waals surface area contributed by atoms with Crippen LogP contribution in [0.15, 0.2) is 67.3 Å². The molecule has 2 aromatic carbocycles. The van der Waals surface area contributed by atoms with Gasteiger partial charge in [-0.3, -0.25) is 4.90 Å². The number of nitrogens with zero attached hydrogens (tertiary/aromatic N) is 3. The van der Waals surface area contributed by atoms with Crippen LogP contribution in [-0.4, -0.2) is 38.5 Å². The highest BCUT2D eigenvalue weighted by molar-refractivity contribution is 5.43. The standard InChI is InChI=1S/C26H32FN3O2/c1-5-6-14-23(31)17-29(19(2)3)18-25-20(4)28-30(22-12-8-7-9-13-22)26(25)32-24-15-10-11-21(27)16-24/h5,7-13,15-16,19,23,31H,1,6,14,17-18H2,2-4H3. The second-order valence-corrected chi connectivity index (χ2v) is 8.22. The van der Waals surface area contributed by atoms with Crippen LogP contribution in [0.5, 0.6) is 11.6 Å². The molecule has 0 aliphatic rings. The van der Waals surface area contributed by atoms with Crippen molar-refractivity contribution in [1.29, 1.82) is 0 Å². The van der Waals surface area contributed by atoms with E-state index in [0.717, 1.165) is 23.4 Å². The molecule has 0 aliphatic carbocycles. The number of aromatic nitrogens is 2. The number of aliphatic hydroxyl groups is 1. The molecule has 1 N–H and O–H groups in total. The van der Waals surface area contributed by atoms with E-state index in [-0.39, 0.29) is 11.9 Å². The van der Waals surface area contributed by atoms with Gasteiger partial charge in [0.2, 0.25) is 5.88 Å². The highest BCUT2D eigenvalue weighted by Gasteiger charge is 2.23. The summed E-state index contributed by atoms with van der Waals surface area (Å²) in [5.41, 5.74) is 2.59. The molecule has 0 saturated carbocycles. The van der Waals surface area contributed by atoms with Crippen molar-refractivity contribution in [3.8, 4) is 17.3 Å². The monoisotopic (exact) mass is 437 g/mol. The molecular weight excluding hydrogens is 405 g/mol. The fourth-order valence-electron chi connectivity index (χ4n) is 3.54. The van der Waals surface area contributed by atoms with Crippen molar-refractivity contribution in [3.63, 3.8) is 0 Å². The van der Waals surface area contributed by atoms with Crippen LogP contribution in [0.2, 0.25) is 0 Å². The van der Waals surface area contributed by atoms with Gasteiger partial charge in [0, 0.05) is 25.2 Å². The predicted molar refractivity (Wildman–Crippen MR) is 126 cm³/mol. The zero-order valence-electron chi connectivity index (χ0n) is 19.0. The van der Waals surface area contributed by atoms with Gasteiger partial charge in [0.05, 0.1) is 23.0 Å². The summed E-state index contributed by atoms with van der Waals surface area (Å²) in [6.45, 7) is 11.0. The lowest BCUT2D eigenvalue weighted by atomic mass is 10.1. The van der Waals surface area contributed by atoms with Crippen molar-refractivity contribution in [2.24, 2.45) is 0 Å². The minimum atomic E-state index is -0.451. The smallest absolute Gasteiger partial charge is 0.227 e. The van der Waals surface area contributed by atoms with Gasteiger partial charge in [0.25, 0.3) is 0 Å². The third-order valence-corrected chi connectivity index (χ3v) is 5.39. The van der Waals surface area contributed by atoms with E-state index in [2.05, 4.69) is 25.3 Å². The van der Waals surface area contributed by atoms with Crippen molar-refractivity contribution in [2.45, 2.75) is 52.3 Å². The Hall–Kier alpha value is -2.96. The molecule has 1 unspecified atom stereocenters. The largest absolute Gasteiger partial charge is 0.438 e. The average molecular weight is 438 g/mol. The fourth-order valence-corrected chi connectivity index (χ4v) is 3.54. The Morgan fingerprint density at radius 2 is 1.94 bits per heavy atom. The van der Waals surface area contributed by atoms with Crippen LogP contribution < -0.4 is 4.74 Å². The van der Waals surface area contributed by atoms with Gasteiger partial charge in [0.15, 0.2) is 0 Å². The number of allylic oxidation sites excluding steroid dienone is 1. The Morgan fingerprint density at radius 1 is 1.19 bits per heavy atom. The molecule has 1 aromatic heterocycles. The summed E-state index contributed by atoms with van der Waals surface area (Å²) in [6, 6.07) is 16.0. The lowest BCUT2D eigenvalue weighted by Gasteiger charge is -2.29. The number of aryl methyl sites for hydroxylation is 1. The second kappa shape index (κ2) is 11.1. The molecule has 6 heteroatoms. The van der Waals surface area contributed by atoms with Gasteiger partial charge in [-0.1, -0.05) is 30.3 Å². The second-order valence-electron chi connectivity index (χ2n) is 8.22. The molecule has 3 aromatic rings. The maximum absolute atomic E-state index is 13.8. The average Bonchev–Trinajstić information content (AvgIpc) is 3.07. The van der Waals surface area contributed by atoms with Crippen molar-refractivity contribution < 1.29 is 14.2 Å². The Balaban J connectivity index is 1.98. The number of para-hydroxylation sites is 1. The van der Waals surface area contributed by atoms with Gasteiger partial charge < -0.3 is 9.84 Å². The normalized spacial score (nSPS) is 12.3. The van der Waals surface area contributed by atoms with Crippen molar-refractivity contribution in [2.75, 3.05) is 6.54 Å². The molecular formula is C26H32FN3O2. The van der Waals surface area contributed by atoms with Crippen LogP contribution in [0.3, 0.4) is 0 Å². The van der Waals surface area contributed by atoms with E-state index in [1.807, 2.05) is 43.3 Å². The third kappa shape index (κ3) is 6.05. The molecule has 0 aliphatic heterocycles. The summed E-state index contributed by atoms with van der Waals surface area (Å²) in [7, 11) is 0. The molecule has 0 saturated heterocycles. The van der Waals surface area contributed by atoms with E-state index in [9.17, 15) is 9.50 Å². The first kappa shape index (κ1) is 23.7. The highest BCUT2D eigenvalue weighted by atomic mass is 19.1. The minimum Gasteiger partial charge on any atom is -0.438 e. The number of aliphatic hydroxyl groups excluding tert-OH is 1. The summed E-state index contributed by atoms with van der Waals surface area (Å²) >= 11 is 0. The van der Waals surface area contributed by atoms with E-state index in [4.69, 9.17) is 9.84 Å². The lowest BCUT2D eigenvalue weighted by molar-refractivity contribution is 0.0849. The van der Waals surface area contributed by atoms with Gasteiger partial charge in [-0.2, -0.15) is 5.10 Å². The highest BCUT2D eigenvalue weighted by Crippen LogP contribution is 2.32. The SMILES string of the molecule is C=CCCC(O)CN(Cc1c(C)nn(-c2ccccc2)c1Oc1cccc(F)c1)C(C)C. The summed E-state index contributed by atoms with van der Waals surface area (Å²) in [6.07, 6.45) is 2.81. The first-order valence-corrected chi connectivity index (χ1v) is 11.0. The summed E-state index contributed by atoms with van der Waals surface area (Å²) in [4.78, 5) is 2.20. The molecule has 3 rings (SSSR count). The van der Waals surface area contributed by atoms with Gasteiger partial charge in [-0.25, -0.2) is 9.07 Å². The van der Waals surface area contributed by atoms with Gasteiger partial charge in [-0.05, 0) is 57.9 Å². The number of hydrogen-bond donors (Lipinski definition) is 1. The molecule has 0 bridgehead atoms. The van der Waals surface area contributed by atoms with E-state index >= 15 is 0 Å². The Bertz CT molecular complexity index is 1020. The van der Waals surface area contributed by atoms with Gasteiger partial charge in [0.1, 0.15) is 11.6 Å². The topological polar surface area (TPSA) is 50.5 Å². The molecule has 0 fully saturated rings. The fraction of sp³-hybridized carbons (Fsp3) is 0.346. The first-order chi connectivity index (χ1) is 15.4. The van der Waals surface area contributed by atoms with Crippen molar-refractivity contribution in [1.82, 2.24) is 14.7 Å². The molecule has 0 radical (unpaired) electrons. The molecule has 5 nitrogen and oxygen atoms in total.